The van der Waals surface area contributed by atoms with Gasteiger partial charge in [-0.05, 0) is 68.4 Å². The second kappa shape index (κ2) is 11.1. The number of aliphatic hydroxyl groups excluding tert-OH is 3. The number of aromatic hydroxyl groups is 1. The first-order chi connectivity index (χ1) is 23.3. The van der Waals surface area contributed by atoms with Gasteiger partial charge in [-0.2, -0.15) is 13.2 Å². The van der Waals surface area contributed by atoms with Crippen molar-refractivity contribution in [1.82, 2.24) is 19.7 Å². The molecule has 49 heavy (non-hydrogen) atoms. The highest BCUT2D eigenvalue weighted by molar-refractivity contribution is 5.62. The number of phenols is 1. The summed E-state index contributed by atoms with van der Waals surface area (Å²) in [5.74, 6) is -2.57. The van der Waals surface area contributed by atoms with E-state index in [-0.39, 0.29) is 34.8 Å². The summed E-state index contributed by atoms with van der Waals surface area (Å²) >= 11 is 0. The lowest BCUT2D eigenvalue weighted by molar-refractivity contribution is -0.369. The number of phenolic OH excluding ortho intramolecular Hbond substituents is 1. The molecule has 0 amide bonds. The minimum atomic E-state index is -4.75. The Balaban J connectivity index is 1.16. The molecule has 1 unspecified atom stereocenters. The van der Waals surface area contributed by atoms with Gasteiger partial charge >= 0.3 is 6.18 Å². The third kappa shape index (κ3) is 4.80. The first-order valence-electron chi connectivity index (χ1n) is 15.9. The van der Waals surface area contributed by atoms with E-state index < -0.39 is 66.6 Å². The second-order valence-electron chi connectivity index (χ2n) is 13.5. The van der Waals surface area contributed by atoms with Crippen molar-refractivity contribution in [3.8, 4) is 28.6 Å². The van der Waals surface area contributed by atoms with E-state index in [1.807, 2.05) is 19.2 Å². The number of methoxy groups -OCH3 is 1. The number of rotatable bonds is 6. The van der Waals surface area contributed by atoms with Crippen molar-refractivity contribution >= 4 is 0 Å². The predicted octanol–water partition coefficient (Wildman–Crippen LogP) is 1.55. The van der Waals surface area contributed by atoms with Crippen molar-refractivity contribution in [2.75, 3.05) is 20.7 Å². The number of alkyl halides is 3. The molecule has 2 bridgehead atoms. The monoisotopic (exact) mass is 688 g/mol. The number of aliphatic hydroxyl groups is 4. The van der Waals surface area contributed by atoms with Crippen LogP contribution in [-0.2, 0) is 27.9 Å². The molecule has 2 saturated heterocycles. The largest absolute Gasteiger partial charge is 0.504 e. The second-order valence-corrected chi connectivity index (χ2v) is 13.5. The third-order valence-corrected chi connectivity index (χ3v) is 10.8. The standard InChI is InChI=1S/C33H35F3N4O9/c1-39-12-11-31-18-9-10-32(45,30(31)48-25-20(41)8-5-16(21(25)31)13-19(18)39)49-29-24(44)22(42)23(43)26(47-29)28-38-37-27(40(28)14-33(34,35)36)15-3-6-17(46-2)7-4-15/h3-10,18-19,22-24,26,29-30,41-45H,11-14H2,1-2H3/t18-,19+,22-,23-,24+,26?,29-,30+,31-,32-/m0/s1. The molecule has 3 aliphatic heterocycles. The van der Waals surface area contributed by atoms with Crippen LogP contribution in [0, 0.1) is 5.92 Å². The van der Waals surface area contributed by atoms with E-state index in [1.165, 1.54) is 37.5 Å². The van der Waals surface area contributed by atoms with Crippen molar-refractivity contribution in [3.05, 3.63) is 65.5 Å². The number of piperidine rings is 1. The van der Waals surface area contributed by atoms with Crippen LogP contribution in [0.25, 0.3) is 11.4 Å². The van der Waals surface area contributed by atoms with Gasteiger partial charge in [-0.15, -0.1) is 10.2 Å². The maximum atomic E-state index is 13.9. The minimum absolute atomic E-state index is 0.0569. The fourth-order valence-electron chi connectivity index (χ4n) is 8.53. The van der Waals surface area contributed by atoms with Crippen LogP contribution in [0.1, 0.15) is 29.5 Å². The topological polar surface area (TPSA) is 172 Å². The summed E-state index contributed by atoms with van der Waals surface area (Å²) in [6.45, 7) is -0.917. The molecule has 2 fully saturated rings. The maximum absolute atomic E-state index is 13.9. The zero-order chi connectivity index (χ0) is 34.6. The Morgan fingerprint density at radius 3 is 2.51 bits per heavy atom. The SMILES string of the molecule is COc1ccc(-c2nnc(C3O[C@@H](O[C@@]4(O)C=C[C@H]5[C@H]6Cc7ccc(O)c8c7[C@@]5(CCN6C)[C@H]4O8)[C@H](O)[C@@H](O)[C@@H]3O)n2CC(F)(F)F)cc1. The van der Waals surface area contributed by atoms with E-state index in [2.05, 4.69) is 15.1 Å². The van der Waals surface area contributed by atoms with Crippen molar-refractivity contribution in [3.63, 3.8) is 0 Å². The van der Waals surface area contributed by atoms with Crippen molar-refractivity contribution in [2.45, 2.75) is 79.6 Å². The van der Waals surface area contributed by atoms with Gasteiger partial charge < -0.3 is 49.4 Å². The first kappa shape index (κ1) is 32.4. The van der Waals surface area contributed by atoms with E-state index in [1.54, 1.807) is 6.07 Å². The van der Waals surface area contributed by atoms with Crippen molar-refractivity contribution in [1.29, 1.82) is 0 Å². The molecule has 2 aromatic carbocycles. The summed E-state index contributed by atoms with van der Waals surface area (Å²) < 4.78 is 65.9. The molecule has 13 nitrogen and oxygen atoms in total. The van der Waals surface area contributed by atoms with Gasteiger partial charge in [-0.25, -0.2) is 0 Å². The molecule has 1 spiro atoms. The first-order valence-corrected chi connectivity index (χ1v) is 15.9. The van der Waals surface area contributed by atoms with Crippen LogP contribution in [-0.4, -0.2) is 115 Å². The molecule has 8 rings (SSSR count). The molecule has 0 radical (unpaired) electrons. The van der Waals surface area contributed by atoms with Gasteiger partial charge in [0.05, 0.1) is 12.5 Å². The average molecular weight is 689 g/mol. The minimum Gasteiger partial charge on any atom is -0.504 e. The Morgan fingerprint density at radius 1 is 1.04 bits per heavy atom. The molecule has 10 atom stereocenters. The summed E-state index contributed by atoms with van der Waals surface area (Å²) in [4.78, 5) is 2.24. The summed E-state index contributed by atoms with van der Waals surface area (Å²) in [6, 6.07) is 9.48. The molecule has 1 aromatic heterocycles. The quantitative estimate of drug-likeness (QED) is 0.187. The average Bonchev–Trinajstić information content (AvgIpc) is 3.64. The number of ether oxygens (including phenoxy) is 4. The Labute approximate surface area is 277 Å². The molecule has 5 aliphatic rings. The van der Waals surface area contributed by atoms with Gasteiger partial charge in [-0.3, -0.25) is 4.57 Å². The molecule has 2 aliphatic carbocycles. The normalized spacial score (nSPS) is 36.3. The molecule has 5 N–H and O–H groups in total. The van der Waals surface area contributed by atoms with Crippen LogP contribution < -0.4 is 9.47 Å². The van der Waals surface area contributed by atoms with E-state index in [0.29, 0.717) is 29.7 Å². The van der Waals surface area contributed by atoms with Gasteiger partial charge in [0.2, 0.25) is 5.79 Å². The fraction of sp³-hybridized carbons (Fsp3) is 0.515. The van der Waals surface area contributed by atoms with Gasteiger partial charge in [0, 0.05) is 23.1 Å². The van der Waals surface area contributed by atoms with Gasteiger partial charge in [-0.1, -0.05) is 12.1 Å². The van der Waals surface area contributed by atoms with E-state index in [9.17, 15) is 38.7 Å². The van der Waals surface area contributed by atoms with E-state index in [0.717, 1.165) is 11.1 Å². The highest BCUT2D eigenvalue weighted by atomic mass is 19.4. The maximum Gasteiger partial charge on any atom is 0.406 e. The highest BCUT2D eigenvalue weighted by Gasteiger charge is 2.69. The van der Waals surface area contributed by atoms with Crippen LogP contribution in [0.2, 0.25) is 0 Å². The lowest BCUT2D eigenvalue weighted by Gasteiger charge is -2.58. The third-order valence-electron chi connectivity index (χ3n) is 10.8. The summed E-state index contributed by atoms with van der Waals surface area (Å²) in [5, 5.41) is 64.0. The number of hydrogen-bond acceptors (Lipinski definition) is 12. The number of likely N-dealkylation sites (N-methyl/N-ethyl adjacent to an activating group) is 1. The van der Waals surface area contributed by atoms with Gasteiger partial charge in [0.1, 0.15) is 36.7 Å². The molecule has 16 heteroatoms. The van der Waals surface area contributed by atoms with Crippen LogP contribution in [0.5, 0.6) is 17.2 Å². The fourth-order valence-corrected chi connectivity index (χ4v) is 8.53. The van der Waals surface area contributed by atoms with Crippen molar-refractivity contribution < 1.29 is 57.7 Å². The number of halogens is 3. The lowest BCUT2D eigenvalue weighted by Crippen LogP contribution is -2.69. The Kier molecular flexibility index (Phi) is 7.36. The van der Waals surface area contributed by atoms with Crippen LogP contribution in [0.15, 0.2) is 48.6 Å². The van der Waals surface area contributed by atoms with Crippen LogP contribution in [0.4, 0.5) is 13.2 Å². The zero-order valence-electron chi connectivity index (χ0n) is 26.4. The summed E-state index contributed by atoms with van der Waals surface area (Å²) in [6.07, 6.45) is -11.1. The lowest BCUT2D eigenvalue weighted by atomic mass is 9.52. The molecule has 4 heterocycles. The number of likely N-dealkylation sites (tertiary alicyclic amines) is 1. The van der Waals surface area contributed by atoms with E-state index >= 15 is 0 Å². The van der Waals surface area contributed by atoms with Gasteiger partial charge in [0.25, 0.3) is 0 Å². The molecule has 0 saturated carbocycles. The molecular formula is C33H35F3N4O9. The number of nitrogens with zero attached hydrogens (tertiary/aromatic N) is 4. The Bertz CT molecular complexity index is 1800. The smallest absolute Gasteiger partial charge is 0.406 e. The molecule has 262 valence electrons. The number of aromatic nitrogens is 3. The number of benzene rings is 2. The van der Waals surface area contributed by atoms with Crippen LogP contribution in [0.3, 0.4) is 0 Å². The Morgan fingerprint density at radius 2 is 1.80 bits per heavy atom. The molecular weight excluding hydrogens is 653 g/mol. The van der Waals surface area contributed by atoms with E-state index in [4.69, 9.17) is 18.9 Å². The predicted molar refractivity (Wildman–Crippen MR) is 161 cm³/mol. The highest BCUT2D eigenvalue weighted by Crippen LogP contribution is 2.64. The number of hydrogen-bond donors (Lipinski definition) is 5. The summed E-state index contributed by atoms with van der Waals surface area (Å²) in [7, 11) is 3.46. The van der Waals surface area contributed by atoms with Crippen LogP contribution >= 0.6 is 0 Å². The Hall–Kier alpha value is -3.77. The molecule has 3 aromatic rings. The van der Waals surface area contributed by atoms with Crippen molar-refractivity contribution in [2.24, 2.45) is 5.92 Å². The van der Waals surface area contributed by atoms with Gasteiger partial charge in [0.15, 0.2) is 35.5 Å². The zero-order valence-corrected chi connectivity index (χ0v) is 26.4. The summed E-state index contributed by atoms with van der Waals surface area (Å²) in [5.41, 5.74) is 1.16.